The van der Waals surface area contributed by atoms with Gasteiger partial charge in [0, 0.05) is 33.6 Å². The summed E-state index contributed by atoms with van der Waals surface area (Å²) < 4.78 is 0. The van der Waals surface area contributed by atoms with Crippen LogP contribution in [0.5, 0.6) is 0 Å². The summed E-state index contributed by atoms with van der Waals surface area (Å²) in [7, 11) is 1.82. The van der Waals surface area contributed by atoms with E-state index in [0.29, 0.717) is 38.0 Å². The molecule has 5 nitrogen and oxygen atoms in total. The summed E-state index contributed by atoms with van der Waals surface area (Å²) in [4.78, 5) is 28.9. The van der Waals surface area contributed by atoms with E-state index in [9.17, 15) is 9.59 Å². The average Bonchev–Trinajstić information content (AvgIpc) is 2.74. The number of carbonyl (C=O) groups is 2. The third-order valence-corrected chi connectivity index (χ3v) is 5.65. The third-order valence-electron chi connectivity index (χ3n) is 5.65. The number of rotatable bonds is 4. The molecule has 5 heteroatoms. The van der Waals surface area contributed by atoms with Gasteiger partial charge in [-0.1, -0.05) is 42.5 Å². The summed E-state index contributed by atoms with van der Waals surface area (Å²) in [6, 6.07) is 19.3. The van der Waals surface area contributed by atoms with E-state index in [1.54, 1.807) is 24.0 Å². The first-order valence-corrected chi connectivity index (χ1v) is 9.52. The lowest BCUT2D eigenvalue weighted by molar-refractivity contribution is -0.141. The first kappa shape index (κ1) is 19.6. The van der Waals surface area contributed by atoms with Crippen LogP contribution in [0.15, 0.2) is 54.6 Å². The lowest BCUT2D eigenvalue weighted by Crippen LogP contribution is -2.52. The van der Waals surface area contributed by atoms with Gasteiger partial charge in [0.05, 0.1) is 17.0 Å². The minimum absolute atomic E-state index is 0.0556. The molecule has 28 heavy (non-hydrogen) atoms. The number of nitrogens with zero attached hydrogens (tertiary/aromatic N) is 3. The molecule has 1 aliphatic rings. The predicted molar refractivity (Wildman–Crippen MR) is 107 cm³/mol. The Morgan fingerprint density at radius 2 is 1.68 bits per heavy atom. The molecule has 144 valence electrons. The van der Waals surface area contributed by atoms with Crippen LogP contribution in [0, 0.1) is 11.3 Å². The van der Waals surface area contributed by atoms with Crippen molar-refractivity contribution >= 4 is 11.8 Å². The molecule has 1 fully saturated rings. The minimum Gasteiger partial charge on any atom is -0.343 e. The van der Waals surface area contributed by atoms with Gasteiger partial charge in [-0.05, 0) is 36.1 Å². The summed E-state index contributed by atoms with van der Waals surface area (Å²) in [5.74, 6) is 0.131. The molecular weight excluding hydrogens is 350 g/mol. The molecule has 0 aliphatic carbocycles. The summed E-state index contributed by atoms with van der Waals surface area (Å²) >= 11 is 0. The highest BCUT2D eigenvalue weighted by Crippen LogP contribution is 2.37. The molecule has 0 aromatic heterocycles. The Labute approximate surface area is 166 Å². The zero-order chi connectivity index (χ0) is 20.1. The van der Waals surface area contributed by atoms with Crippen molar-refractivity contribution in [2.75, 3.05) is 20.1 Å². The van der Waals surface area contributed by atoms with E-state index in [4.69, 9.17) is 5.26 Å². The Bertz CT molecular complexity index is 876. The van der Waals surface area contributed by atoms with Gasteiger partial charge in [0.1, 0.15) is 0 Å². The van der Waals surface area contributed by atoms with Gasteiger partial charge in [-0.25, -0.2) is 0 Å². The molecule has 0 unspecified atom stereocenters. The maximum Gasteiger partial charge on any atom is 0.233 e. The quantitative estimate of drug-likeness (QED) is 0.825. The van der Waals surface area contributed by atoms with Crippen LogP contribution in [-0.4, -0.2) is 41.8 Å². The van der Waals surface area contributed by atoms with Gasteiger partial charge in [0.15, 0.2) is 0 Å². The Morgan fingerprint density at radius 1 is 1.07 bits per heavy atom. The van der Waals surface area contributed by atoms with Gasteiger partial charge in [0.25, 0.3) is 0 Å². The first-order valence-electron chi connectivity index (χ1n) is 9.52. The van der Waals surface area contributed by atoms with Crippen molar-refractivity contribution in [3.8, 4) is 6.07 Å². The highest BCUT2D eigenvalue weighted by Gasteiger charge is 2.44. The van der Waals surface area contributed by atoms with Gasteiger partial charge in [-0.15, -0.1) is 0 Å². The van der Waals surface area contributed by atoms with Crippen molar-refractivity contribution in [1.29, 1.82) is 5.26 Å². The Morgan fingerprint density at radius 3 is 2.21 bits per heavy atom. The molecule has 0 spiro atoms. The highest BCUT2D eigenvalue weighted by molar-refractivity contribution is 5.88. The third kappa shape index (κ3) is 3.91. The van der Waals surface area contributed by atoms with Crippen LogP contribution in [-0.2, 0) is 21.5 Å². The maximum atomic E-state index is 13.6. The van der Waals surface area contributed by atoms with E-state index in [-0.39, 0.29) is 11.8 Å². The van der Waals surface area contributed by atoms with Gasteiger partial charge in [-0.2, -0.15) is 5.26 Å². The Balaban J connectivity index is 1.84. The number of likely N-dealkylation sites (N-methyl/N-ethyl adjacent to an activating group) is 1. The van der Waals surface area contributed by atoms with Crippen LogP contribution in [0.25, 0.3) is 0 Å². The Hall–Kier alpha value is -3.13. The zero-order valence-corrected chi connectivity index (χ0v) is 16.4. The smallest absolute Gasteiger partial charge is 0.233 e. The van der Waals surface area contributed by atoms with Crippen molar-refractivity contribution < 1.29 is 9.59 Å². The average molecular weight is 375 g/mol. The molecule has 3 rings (SSSR count). The largest absolute Gasteiger partial charge is 0.343 e. The van der Waals surface area contributed by atoms with Crippen LogP contribution in [0.1, 0.15) is 36.5 Å². The molecule has 2 aromatic carbocycles. The number of hydrogen-bond acceptors (Lipinski definition) is 3. The van der Waals surface area contributed by atoms with Gasteiger partial charge in [-0.3, -0.25) is 9.59 Å². The monoisotopic (exact) mass is 375 g/mol. The lowest BCUT2D eigenvalue weighted by atomic mass is 9.71. The topological polar surface area (TPSA) is 64.4 Å². The lowest BCUT2D eigenvalue weighted by Gasteiger charge is -2.42. The number of hydrogen-bond donors (Lipinski definition) is 0. The number of likely N-dealkylation sites (tertiary alicyclic amines) is 1. The van der Waals surface area contributed by atoms with Crippen molar-refractivity contribution in [2.45, 2.75) is 31.7 Å². The van der Waals surface area contributed by atoms with Crippen molar-refractivity contribution in [2.24, 2.45) is 0 Å². The molecule has 0 bridgehead atoms. The molecule has 0 saturated carbocycles. The van der Waals surface area contributed by atoms with Crippen LogP contribution >= 0.6 is 0 Å². The summed E-state index contributed by atoms with van der Waals surface area (Å²) in [5, 5.41) is 8.95. The second kappa shape index (κ2) is 8.26. The van der Waals surface area contributed by atoms with E-state index in [1.165, 1.54) is 0 Å². The highest BCUT2D eigenvalue weighted by atomic mass is 16.2. The number of piperidine rings is 1. The van der Waals surface area contributed by atoms with Gasteiger partial charge < -0.3 is 9.80 Å². The molecule has 2 aromatic rings. The number of benzene rings is 2. The fourth-order valence-electron chi connectivity index (χ4n) is 3.98. The van der Waals surface area contributed by atoms with Gasteiger partial charge >= 0.3 is 0 Å². The standard InChI is InChI=1S/C23H25N3O2/c1-18(27)26-14-12-23(13-15-26,21-6-4-3-5-7-21)22(28)25(2)17-20-10-8-19(16-24)9-11-20/h3-11H,12-15,17H2,1-2H3. The van der Waals surface area contributed by atoms with E-state index >= 15 is 0 Å². The van der Waals surface area contributed by atoms with Gasteiger partial charge in [0.2, 0.25) is 11.8 Å². The summed E-state index contributed by atoms with van der Waals surface area (Å²) in [5.41, 5.74) is 1.98. The molecule has 0 radical (unpaired) electrons. The van der Waals surface area contributed by atoms with Crippen molar-refractivity contribution in [3.63, 3.8) is 0 Å². The van der Waals surface area contributed by atoms with Crippen LogP contribution in [0.3, 0.4) is 0 Å². The number of nitriles is 1. The first-order chi connectivity index (χ1) is 13.5. The van der Waals surface area contributed by atoms with E-state index in [2.05, 4.69) is 6.07 Å². The Kier molecular flexibility index (Phi) is 5.79. The molecular formula is C23H25N3O2. The van der Waals surface area contributed by atoms with Crippen molar-refractivity contribution in [3.05, 3.63) is 71.3 Å². The zero-order valence-electron chi connectivity index (χ0n) is 16.4. The summed E-state index contributed by atoms with van der Waals surface area (Å²) in [6.07, 6.45) is 1.24. The molecule has 0 atom stereocenters. The molecule has 2 amide bonds. The summed E-state index contributed by atoms with van der Waals surface area (Å²) in [6.45, 7) is 3.23. The minimum atomic E-state index is -0.617. The molecule has 1 saturated heterocycles. The number of carbonyl (C=O) groups excluding carboxylic acids is 2. The SMILES string of the molecule is CC(=O)N1CCC(C(=O)N(C)Cc2ccc(C#N)cc2)(c2ccccc2)CC1. The van der Waals surface area contributed by atoms with E-state index in [1.807, 2.05) is 54.4 Å². The van der Waals surface area contributed by atoms with E-state index < -0.39 is 5.41 Å². The van der Waals surface area contributed by atoms with Crippen LogP contribution in [0.4, 0.5) is 0 Å². The van der Waals surface area contributed by atoms with Crippen molar-refractivity contribution in [1.82, 2.24) is 9.80 Å². The van der Waals surface area contributed by atoms with Crippen LogP contribution in [0.2, 0.25) is 0 Å². The van der Waals surface area contributed by atoms with Crippen LogP contribution < -0.4 is 0 Å². The maximum absolute atomic E-state index is 13.6. The van der Waals surface area contributed by atoms with E-state index in [0.717, 1.165) is 11.1 Å². The molecule has 1 aliphatic heterocycles. The number of amides is 2. The fourth-order valence-corrected chi connectivity index (χ4v) is 3.98. The predicted octanol–water partition coefficient (Wildman–Crippen LogP) is 3.10. The fraction of sp³-hybridized carbons (Fsp3) is 0.348. The normalized spacial score (nSPS) is 15.5. The second-order valence-electron chi connectivity index (χ2n) is 7.42. The second-order valence-corrected chi connectivity index (χ2v) is 7.42. The molecule has 0 N–H and O–H groups in total. The molecule has 1 heterocycles.